The molecule has 0 bridgehead atoms. The van der Waals surface area contributed by atoms with Gasteiger partial charge in [0.25, 0.3) is 5.91 Å². The van der Waals surface area contributed by atoms with Crippen LogP contribution < -0.4 is 5.32 Å². The van der Waals surface area contributed by atoms with Gasteiger partial charge in [-0.15, -0.1) is 0 Å². The van der Waals surface area contributed by atoms with Crippen molar-refractivity contribution in [1.82, 2.24) is 10.2 Å². The number of nitro benzene ring substituents is 1. The molecule has 7 heteroatoms. The molecule has 0 spiro atoms. The molecule has 20 heavy (non-hydrogen) atoms. The number of likely N-dealkylation sites (tertiary alicyclic amines) is 1. The van der Waals surface area contributed by atoms with Crippen molar-refractivity contribution in [2.75, 3.05) is 26.2 Å². The molecule has 1 aromatic carbocycles. The predicted octanol–water partition coefficient (Wildman–Crippen LogP) is 1.56. The lowest BCUT2D eigenvalue weighted by molar-refractivity contribution is -0.387. The third-order valence-electron chi connectivity index (χ3n) is 3.32. The van der Waals surface area contributed by atoms with Gasteiger partial charge >= 0.3 is 5.69 Å². The molecule has 0 radical (unpaired) electrons. The fraction of sp³-hybridized carbons (Fsp3) is 0.462. The first-order valence-corrected chi connectivity index (χ1v) is 6.52. The molecule has 2 rings (SSSR count). The van der Waals surface area contributed by atoms with Crippen molar-refractivity contribution in [2.45, 2.75) is 12.8 Å². The summed E-state index contributed by atoms with van der Waals surface area (Å²) in [5.41, 5.74) is -0.534. The first-order valence-electron chi connectivity index (χ1n) is 6.52. The van der Waals surface area contributed by atoms with Crippen LogP contribution in [-0.2, 0) is 0 Å². The summed E-state index contributed by atoms with van der Waals surface area (Å²) in [5.74, 6) is -1.42. The van der Waals surface area contributed by atoms with Crippen LogP contribution in [0.5, 0.6) is 0 Å². The van der Waals surface area contributed by atoms with Crippen molar-refractivity contribution in [3.05, 3.63) is 39.7 Å². The van der Waals surface area contributed by atoms with Gasteiger partial charge in [0.2, 0.25) is 5.82 Å². The van der Waals surface area contributed by atoms with Gasteiger partial charge in [0.15, 0.2) is 0 Å². The van der Waals surface area contributed by atoms with E-state index in [1.54, 1.807) is 0 Å². The molecule has 0 aliphatic carbocycles. The van der Waals surface area contributed by atoms with Gasteiger partial charge in [-0.2, -0.15) is 4.39 Å². The summed E-state index contributed by atoms with van der Waals surface area (Å²) in [7, 11) is 0. The van der Waals surface area contributed by atoms with Gasteiger partial charge in [0.05, 0.1) is 4.92 Å². The topological polar surface area (TPSA) is 75.5 Å². The van der Waals surface area contributed by atoms with Crippen molar-refractivity contribution in [2.24, 2.45) is 0 Å². The molecule has 1 amide bonds. The van der Waals surface area contributed by atoms with Crippen molar-refractivity contribution in [3.63, 3.8) is 0 Å². The van der Waals surface area contributed by atoms with Gasteiger partial charge in [-0.25, -0.2) is 0 Å². The first-order chi connectivity index (χ1) is 9.58. The number of hydrogen-bond donors (Lipinski definition) is 1. The lowest BCUT2D eigenvalue weighted by Crippen LogP contribution is -2.33. The molecule has 1 heterocycles. The zero-order valence-electron chi connectivity index (χ0n) is 11.0. The highest BCUT2D eigenvalue weighted by molar-refractivity contribution is 5.94. The van der Waals surface area contributed by atoms with E-state index in [1.807, 2.05) is 0 Å². The lowest BCUT2D eigenvalue weighted by atomic mass is 10.2. The molecular weight excluding hydrogens is 265 g/mol. The van der Waals surface area contributed by atoms with Crippen molar-refractivity contribution in [3.8, 4) is 0 Å². The van der Waals surface area contributed by atoms with Gasteiger partial charge in [-0.05, 0) is 38.1 Å². The minimum Gasteiger partial charge on any atom is -0.351 e. The molecule has 0 unspecified atom stereocenters. The summed E-state index contributed by atoms with van der Waals surface area (Å²) >= 11 is 0. The molecule has 1 aliphatic rings. The molecule has 1 aliphatic heterocycles. The van der Waals surface area contributed by atoms with Gasteiger partial charge in [-0.1, -0.05) is 0 Å². The second-order valence-electron chi connectivity index (χ2n) is 4.73. The number of nitro groups is 1. The zero-order chi connectivity index (χ0) is 14.5. The molecule has 108 valence electrons. The Bertz CT molecular complexity index is 516. The Morgan fingerprint density at radius 2 is 2.10 bits per heavy atom. The van der Waals surface area contributed by atoms with E-state index >= 15 is 0 Å². The third kappa shape index (κ3) is 3.51. The third-order valence-corrected chi connectivity index (χ3v) is 3.32. The van der Waals surface area contributed by atoms with Gasteiger partial charge in [0.1, 0.15) is 0 Å². The smallest absolute Gasteiger partial charge is 0.304 e. The molecule has 6 nitrogen and oxygen atoms in total. The number of amides is 1. The standard InChI is InChI=1S/C13H16FN3O3/c14-11-9-10(3-4-12(11)17(19)20)13(18)15-5-8-16-6-1-2-7-16/h3-4,9H,1-2,5-8H2,(H,15,18). The maximum atomic E-state index is 13.4. The summed E-state index contributed by atoms with van der Waals surface area (Å²) in [6.07, 6.45) is 2.36. The first kappa shape index (κ1) is 14.4. The molecule has 0 atom stereocenters. The predicted molar refractivity (Wildman–Crippen MR) is 71.1 cm³/mol. The quantitative estimate of drug-likeness (QED) is 0.656. The Kier molecular flexibility index (Phi) is 4.62. The Balaban J connectivity index is 1.88. The number of benzene rings is 1. The van der Waals surface area contributed by atoms with Crippen molar-refractivity contribution in [1.29, 1.82) is 0 Å². The zero-order valence-corrected chi connectivity index (χ0v) is 11.0. The summed E-state index contributed by atoms with van der Waals surface area (Å²) in [6, 6.07) is 3.15. The largest absolute Gasteiger partial charge is 0.351 e. The second kappa shape index (κ2) is 6.42. The van der Waals surface area contributed by atoms with Crippen molar-refractivity contribution < 1.29 is 14.1 Å². The number of hydrogen-bond acceptors (Lipinski definition) is 4. The Morgan fingerprint density at radius 1 is 1.40 bits per heavy atom. The van der Waals surface area contributed by atoms with E-state index in [9.17, 15) is 19.3 Å². The highest BCUT2D eigenvalue weighted by Gasteiger charge is 2.17. The number of carbonyl (C=O) groups is 1. The monoisotopic (exact) mass is 281 g/mol. The molecule has 1 aromatic rings. The highest BCUT2D eigenvalue weighted by Crippen LogP contribution is 2.17. The average molecular weight is 281 g/mol. The van der Waals surface area contributed by atoms with Crippen molar-refractivity contribution >= 4 is 11.6 Å². The SMILES string of the molecule is O=C(NCCN1CCCC1)c1ccc([N+](=O)[O-])c(F)c1. The van der Waals surface area contributed by atoms with Gasteiger partial charge in [-0.3, -0.25) is 14.9 Å². The van der Waals surface area contributed by atoms with E-state index in [2.05, 4.69) is 10.2 Å². The Hall–Kier alpha value is -2.02. The Morgan fingerprint density at radius 3 is 2.70 bits per heavy atom. The maximum Gasteiger partial charge on any atom is 0.304 e. The van der Waals surface area contributed by atoms with Crippen LogP contribution in [0.15, 0.2) is 18.2 Å². The average Bonchev–Trinajstić information content (AvgIpc) is 2.91. The van der Waals surface area contributed by atoms with Crippen LogP contribution in [0.3, 0.4) is 0 Å². The van der Waals surface area contributed by atoms with Gasteiger partial charge < -0.3 is 10.2 Å². The minimum absolute atomic E-state index is 0.0921. The van der Waals surface area contributed by atoms with Crippen LogP contribution in [0.1, 0.15) is 23.2 Å². The summed E-state index contributed by atoms with van der Waals surface area (Å²) in [4.78, 5) is 23.7. The minimum atomic E-state index is -0.998. The summed E-state index contributed by atoms with van der Waals surface area (Å²) in [6.45, 7) is 3.34. The number of rotatable bonds is 5. The normalized spacial score (nSPS) is 15.2. The maximum absolute atomic E-state index is 13.4. The fourth-order valence-corrected chi connectivity index (χ4v) is 2.23. The number of nitrogens with one attached hydrogen (secondary N) is 1. The van der Waals surface area contributed by atoms with E-state index in [0.717, 1.165) is 31.8 Å². The molecule has 0 saturated carbocycles. The van der Waals surface area contributed by atoms with Crippen LogP contribution in [0, 0.1) is 15.9 Å². The van der Waals surface area contributed by atoms with E-state index in [0.29, 0.717) is 6.54 Å². The second-order valence-corrected chi connectivity index (χ2v) is 4.73. The lowest BCUT2D eigenvalue weighted by Gasteiger charge is -2.14. The van der Waals surface area contributed by atoms with Crippen LogP contribution in [0.25, 0.3) is 0 Å². The van der Waals surface area contributed by atoms with E-state index in [1.165, 1.54) is 18.9 Å². The van der Waals surface area contributed by atoms with E-state index in [4.69, 9.17) is 0 Å². The highest BCUT2D eigenvalue weighted by atomic mass is 19.1. The van der Waals surface area contributed by atoms with Crippen LogP contribution in [-0.4, -0.2) is 41.9 Å². The number of carbonyl (C=O) groups excluding carboxylic acids is 1. The van der Waals surface area contributed by atoms with Crippen LogP contribution in [0.2, 0.25) is 0 Å². The van der Waals surface area contributed by atoms with Crippen LogP contribution in [0.4, 0.5) is 10.1 Å². The number of halogens is 1. The molecule has 1 fully saturated rings. The summed E-state index contributed by atoms with van der Waals surface area (Å²) in [5, 5.41) is 13.2. The van der Waals surface area contributed by atoms with E-state index in [-0.39, 0.29) is 5.56 Å². The number of nitrogens with zero attached hydrogens (tertiary/aromatic N) is 2. The van der Waals surface area contributed by atoms with Crippen LogP contribution >= 0.6 is 0 Å². The molecule has 1 saturated heterocycles. The molecule has 0 aromatic heterocycles. The Labute approximate surface area is 115 Å². The van der Waals surface area contributed by atoms with E-state index < -0.39 is 22.3 Å². The summed E-state index contributed by atoms with van der Waals surface area (Å²) < 4.78 is 13.4. The molecule has 1 N–H and O–H groups in total. The fourth-order valence-electron chi connectivity index (χ4n) is 2.23. The molecular formula is C13H16FN3O3. The van der Waals surface area contributed by atoms with Gasteiger partial charge in [0, 0.05) is 24.7 Å².